The van der Waals surface area contributed by atoms with Crippen molar-refractivity contribution in [2.24, 2.45) is 0 Å². The van der Waals surface area contributed by atoms with Crippen molar-refractivity contribution in [1.29, 1.82) is 0 Å². The second-order valence-corrected chi connectivity index (χ2v) is 5.59. The number of hydrogen-bond acceptors (Lipinski definition) is 4. The average Bonchev–Trinajstić information content (AvgIpc) is 2.31. The van der Waals surface area contributed by atoms with Crippen LogP contribution in [0.1, 0.15) is 13.3 Å². The fraction of sp³-hybridized carbons (Fsp3) is 0.909. The molecular weight excluding hydrogens is 260 g/mol. The molecule has 2 heterocycles. The van der Waals surface area contributed by atoms with Gasteiger partial charge in [-0.2, -0.15) is 11.8 Å². The number of carbonyl (C=O) groups is 1. The van der Waals surface area contributed by atoms with Crippen LogP contribution in [0.2, 0.25) is 0 Å². The molecule has 6 heteroatoms. The van der Waals surface area contributed by atoms with Gasteiger partial charge >= 0.3 is 0 Å². The number of morpholine rings is 1. The number of amides is 1. The van der Waals surface area contributed by atoms with Gasteiger partial charge < -0.3 is 15.0 Å². The van der Waals surface area contributed by atoms with Gasteiger partial charge in [0, 0.05) is 43.1 Å². The van der Waals surface area contributed by atoms with Gasteiger partial charge in [-0.15, -0.1) is 12.4 Å². The van der Waals surface area contributed by atoms with E-state index in [2.05, 4.69) is 12.2 Å². The quantitative estimate of drug-likeness (QED) is 0.811. The number of ether oxygens (including phenoxy) is 1. The minimum atomic E-state index is 0. The van der Waals surface area contributed by atoms with Crippen LogP contribution in [-0.2, 0) is 9.53 Å². The molecule has 4 nitrogen and oxygen atoms in total. The summed E-state index contributed by atoms with van der Waals surface area (Å²) in [6, 6.07) is 0.596. The Balaban J connectivity index is 0.00000144. The summed E-state index contributed by atoms with van der Waals surface area (Å²) in [5.74, 6) is 2.42. The third-order valence-electron chi connectivity index (χ3n) is 3.11. The average molecular weight is 281 g/mol. The van der Waals surface area contributed by atoms with E-state index in [1.165, 1.54) is 0 Å². The number of carbonyl (C=O) groups excluding carboxylic acids is 1. The minimum Gasteiger partial charge on any atom is -0.378 e. The molecule has 17 heavy (non-hydrogen) atoms. The Bertz CT molecular complexity index is 250. The SMILES string of the molecule is CC1CSCCN1C(=O)CC1COCCN1.Cl. The molecule has 2 unspecified atom stereocenters. The second kappa shape index (κ2) is 7.46. The Labute approximate surface area is 113 Å². The van der Waals surface area contributed by atoms with Crippen LogP contribution in [0.25, 0.3) is 0 Å². The van der Waals surface area contributed by atoms with E-state index in [1.807, 2.05) is 16.7 Å². The summed E-state index contributed by atoms with van der Waals surface area (Å²) in [6.45, 7) is 5.33. The zero-order valence-corrected chi connectivity index (χ0v) is 11.8. The topological polar surface area (TPSA) is 41.6 Å². The molecule has 1 amide bonds. The molecule has 0 aromatic carbocycles. The molecule has 2 saturated heterocycles. The fourth-order valence-electron chi connectivity index (χ4n) is 2.18. The molecule has 0 radical (unpaired) electrons. The molecule has 2 aliphatic heterocycles. The maximum absolute atomic E-state index is 12.1. The minimum absolute atomic E-state index is 0. The van der Waals surface area contributed by atoms with Crippen molar-refractivity contribution in [3.63, 3.8) is 0 Å². The molecule has 0 bridgehead atoms. The van der Waals surface area contributed by atoms with E-state index in [9.17, 15) is 4.79 Å². The zero-order chi connectivity index (χ0) is 11.4. The molecule has 2 fully saturated rings. The van der Waals surface area contributed by atoms with E-state index in [-0.39, 0.29) is 24.4 Å². The lowest BCUT2D eigenvalue weighted by atomic mass is 10.1. The van der Waals surface area contributed by atoms with E-state index in [0.717, 1.165) is 31.2 Å². The van der Waals surface area contributed by atoms with E-state index in [0.29, 0.717) is 19.1 Å². The Morgan fingerprint density at radius 2 is 2.41 bits per heavy atom. The summed E-state index contributed by atoms with van der Waals surface area (Å²) in [6.07, 6.45) is 0.578. The number of nitrogens with zero attached hydrogens (tertiary/aromatic N) is 1. The van der Waals surface area contributed by atoms with Crippen LogP contribution in [0, 0.1) is 0 Å². The van der Waals surface area contributed by atoms with Crippen LogP contribution in [-0.4, -0.2) is 60.7 Å². The van der Waals surface area contributed by atoms with Crippen molar-refractivity contribution in [1.82, 2.24) is 10.2 Å². The summed E-state index contributed by atoms with van der Waals surface area (Å²) >= 11 is 1.94. The van der Waals surface area contributed by atoms with Crippen molar-refractivity contribution >= 4 is 30.1 Å². The Hall–Kier alpha value is 0.0300. The molecule has 2 rings (SSSR count). The van der Waals surface area contributed by atoms with Crippen molar-refractivity contribution < 1.29 is 9.53 Å². The van der Waals surface area contributed by atoms with E-state index >= 15 is 0 Å². The van der Waals surface area contributed by atoms with Crippen LogP contribution >= 0.6 is 24.2 Å². The van der Waals surface area contributed by atoms with Crippen LogP contribution in [0.5, 0.6) is 0 Å². The molecular formula is C11H21ClN2O2S. The monoisotopic (exact) mass is 280 g/mol. The molecule has 2 aliphatic rings. The van der Waals surface area contributed by atoms with Crippen LogP contribution in [0.15, 0.2) is 0 Å². The normalized spacial score (nSPS) is 29.6. The Kier molecular flexibility index (Phi) is 6.62. The van der Waals surface area contributed by atoms with Crippen molar-refractivity contribution in [2.75, 3.05) is 37.8 Å². The highest BCUT2D eigenvalue weighted by molar-refractivity contribution is 7.99. The molecule has 0 aliphatic carbocycles. The van der Waals surface area contributed by atoms with Gasteiger partial charge in [0.25, 0.3) is 0 Å². The smallest absolute Gasteiger partial charge is 0.224 e. The van der Waals surface area contributed by atoms with Crippen LogP contribution < -0.4 is 5.32 Å². The number of rotatable bonds is 2. The fourth-order valence-corrected chi connectivity index (χ4v) is 3.19. The van der Waals surface area contributed by atoms with Gasteiger partial charge in [-0.3, -0.25) is 4.79 Å². The Morgan fingerprint density at radius 3 is 3.06 bits per heavy atom. The molecule has 0 aromatic rings. The first-order valence-electron chi connectivity index (χ1n) is 5.95. The molecule has 100 valence electrons. The number of hydrogen-bond donors (Lipinski definition) is 1. The molecule has 1 N–H and O–H groups in total. The van der Waals surface area contributed by atoms with Crippen molar-refractivity contribution in [3.05, 3.63) is 0 Å². The number of halogens is 1. The summed E-state index contributed by atoms with van der Waals surface area (Å²) in [5.41, 5.74) is 0. The molecule has 0 aromatic heterocycles. The van der Waals surface area contributed by atoms with Crippen molar-refractivity contribution in [2.45, 2.75) is 25.4 Å². The predicted molar refractivity (Wildman–Crippen MR) is 73.0 cm³/mol. The number of thioether (sulfide) groups is 1. The highest BCUT2D eigenvalue weighted by Gasteiger charge is 2.26. The van der Waals surface area contributed by atoms with Crippen LogP contribution in [0.3, 0.4) is 0 Å². The summed E-state index contributed by atoms with van der Waals surface area (Å²) < 4.78 is 5.36. The maximum Gasteiger partial charge on any atom is 0.224 e. The van der Waals surface area contributed by atoms with Gasteiger partial charge in [0.2, 0.25) is 5.91 Å². The standard InChI is InChI=1S/C11H20N2O2S.ClH/c1-9-8-16-5-3-13(9)11(14)6-10-7-15-4-2-12-10;/h9-10,12H,2-8H2,1H3;1H. The van der Waals surface area contributed by atoms with Gasteiger partial charge in [-0.05, 0) is 6.92 Å². The summed E-state index contributed by atoms with van der Waals surface area (Å²) in [4.78, 5) is 14.1. The highest BCUT2D eigenvalue weighted by atomic mass is 35.5. The first-order chi connectivity index (χ1) is 7.77. The van der Waals surface area contributed by atoms with Crippen LogP contribution in [0.4, 0.5) is 0 Å². The molecule has 0 spiro atoms. The first kappa shape index (κ1) is 15.1. The number of nitrogens with one attached hydrogen (secondary N) is 1. The van der Waals surface area contributed by atoms with E-state index in [1.54, 1.807) is 0 Å². The maximum atomic E-state index is 12.1. The third-order valence-corrected chi connectivity index (χ3v) is 4.30. The summed E-state index contributed by atoms with van der Waals surface area (Å²) in [5, 5.41) is 3.33. The zero-order valence-electron chi connectivity index (χ0n) is 10.2. The largest absolute Gasteiger partial charge is 0.378 e. The lowest BCUT2D eigenvalue weighted by Crippen LogP contribution is -2.49. The summed E-state index contributed by atoms with van der Waals surface area (Å²) in [7, 11) is 0. The van der Waals surface area contributed by atoms with Gasteiger partial charge in [-0.1, -0.05) is 0 Å². The van der Waals surface area contributed by atoms with Crippen molar-refractivity contribution in [3.8, 4) is 0 Å². The lowest BCUT2D eigenvalue weighted by Gasteiger charge is -2.34. The molecule has 2 atom stereocenters. The van der Waals surface area contributed by atoms with Gasteiger partial charge in [-0.25, -0.2) is 0 Å². The van der Waals surface area contributed by atoms with Gasteiger partial charge in [0.15, 0.2) is 0 Å². The lowest BCUT2D eigenvalue weighted by molar-refractivity contribution is -0.133. The highest BCUT2D eigenvalue weighted by Crippen LogP contribution is 2.17. The van der Waals surface area contributed by atoms with Gasteiger partial charge in [0.05, 0.1) is 13.2 Å². The first-order valence-corrected chi connectivity index (χ1v) is 7.11. The Morgan fingerprint density at radius 1 is 1.59 bits per heavy atom. The predicted octanol–water partition coefficient (Wildman–Crippen LogP) is 0.751. The van der Waals surface area contributed by atoms with Gasteiger partial charge in [0.1, 0.15) is 0 Å². The second-order valence-electron chi connectivity index (χ2n) is 4.44. The van der Waals surface area contributed by atoms with E-state index in [4.69, 9.17) is 4.74 Å². The third kappa shape index (κ3) is 4.32. The molecule has 0 saturated carbocycles. The van der Waals surface area contributed by atoms with E-state index < -0.39 is 0 Å².